The molecule has 21 heavy (non-hydrogen) atoms. The van der Waals surface area contributed by atoms with Crippen molar-refractivity contribution >= 4 is 5.82 Å². The Morgan fingerprint density at radius 1 is 1.43 bits per heavy atom. The Bertz CT molecular complexity index is 664. The van der Waals surface area contributed by atoms with Crippen LogP contribution in [0, 0.1) is 11.3 Å². The normalized spacial score (nSPS) is 17.3. The summed E-state index contributed by atoms with van der Waals surface area (Å²) in [5, 5.41) is 16.8. The lowest BCUT2D eigenvalue weighted by molar-refractivity contribution is 0.439. The third-order valence-corrected chi connectivity index (χ3v) is 3.64. The number of aryl methyl sites for hydroxylation is 1. The van der Waals surface area contributed by atoms with Crippen LogP contribution in [0.2, 0.25) is 0 Å². The molecule has 0 aliphatic carbocycles. The summed E-state index contributed by atoms with van der Waals surface area (Å²) in [5.41, 5.74) is 0.573. The summed E-state index contributed by atoms with van der Waals surface area (Å²) in [6, 6.07) is 5.98. The van der Waals surface area contributed by atoms with E-state index in [9.17, 15) is 0 Å². The second-order valence-electron chi connectivity index (χ2n) is 5.65. The predicted octanol–water partition coefficient (Wildman–Crippen LogP) is 2.10. The van der Waals surface area contributed by atoms with Gasteiger partial charge in [-0.15, -0.1) is 0 Å². The number of pyridine rings is 1. The van der Waals surface area contributed by atoms with Gasteiger partial charge in [0, 0.05) is 24.6 Å². The van der Waals surface area contributed by atoms with Crippen LogP contribution in [0.15, 0.2) is 18.3 Å². The van der Waals surface area contributed by atoms with Crippen LogP contribution in [0.3, 0.4) is 0 Å². The number of rotatable bonds is 3. The van der Waals surface area contributed by atoms with E-state index in [1.165, 1.54) is 0 Å². The molecule has 1 unspecified atom stereocenters. The highest BCUT2D eigenvalue weighted by Gasteiger charge is 2.22. The van der Waals surface area contributed by atoms with Crippen LogP contribution in [-0.2, 0) is 13.0 Å². The van der Waals surface area contributed by atoms with E-state index in [0.29, 0.717) is 17.5 Å². The fourth-order valence-electron chi connectivity index (χ4n) is 2.45. The van der Waals surface area contributed by atoms with Crippen LogP contribution in [0.25, 0.3) is 0 Å². The van der Waals surface area contributed by atoms with E-state index in [1.54, 1.807) is 12.3 Å². The zero-order chi connectivity index (χ0) is 14.8. The van der Waals surface area contributed by atoms with Crippen molar-refractivity contribution in [2.45, 2.75) is 45.2 Å². The molecule has 108 valence electrons. The maximum absolute atomic E-state index is 8.78. The Morgan fingerprint density at radius 3 is 2.95 bits per heavy atom. The predicted molar refractivity (Wildman–Crippen MR) is 78.8 cm³/mol. The fraction of sp³-hybridized carbons (Fsp3) is 0.467. The molecule has 1 aliphatic rings. The SMILES string of the molecule is CC(C)c1nc2n(n1)CC(Nc1ccc(C#N)cn1)CC2. The largest absolute Gasteiger partial charge is 0.365 e. The quantitative estimate of drug-likeness (QED) is 0.932. The molecule has 0 spiro atoms. The highest BCUT2D eigenvalue weighted by atomic mass is 15.4. The van der Waals surface area contributed by atoms with E-state index in [-0.39, 0.29) is 0 Å². The first kappa shape index (κ1) is 13.6. The number of aromatic nitrogens is 4. The van der Waals surface area contributed by atoms with Crippen LogP contribution < -0.4 is 5.32 Å². The van der Waals surface area contributed by atoms with Crippen molar-refractivity contribution in [3.63, 3.8) is 0 Å². The lowest BCUT2D eigenvalue weighted by Crippen LogP contribution is -2.32. The van der Waals surface area contributed by atoms with Gasteiger partial charge in [-0.3, -0.25) is 0 Å². The molecule has 1 aliphatic heterocycles. The van der Waals surface area contributed by atoms with Crippen molar-refractivity contribution in [3.8, 4) is 6.07 Å². The second-order valence-corrected chi connectivity index (χ2v) is 5.65. The number of nitriles is 1. The minimum absolute atomic E-state index is 0.291. The number of nitrogens with one attached hydrogen (secondary N) is 1. The zero-order valence-corrected chi connectivity index (χ0v) is 12.2. The molecule has 0 radical (unpaired) electrons. The van der Waals surface area contributed by atoms with Crippen molar-refractivity contribution < 1.29 is 0 Å². The van der Waals surface area contributed by atoms with Crippen LogP contribution in [0.1, 0.15) is 43.4 Å². The van der Waals surface area contributed by atoms with Crippen molar-refractivity contribution in [2.75, 3.05) is 5.32 Å². The Balaban J connectivity index is 1.69. The van der Waals surface area contributed by atoms with Crippen molar-refractivity contribution in [2.24, 2.45) is 0 Å². The summed E-state index contributed by atoms with van der Waals surface area (Å²) in [5.74, 6) is 3.15. The maximum atomic E-state index is 8.78. The molecule has 3 rings (SSSR count). The molecular formula is C15H18N6. The summed E-state index contributed by atoms with van der Waals surface area (Å²) in [7, 11) is 0. The molecule has 1 N–H and O–H groups in total. The molecule has 6 heteroatoms. The zero-order valence-electron chi connectivity index (χ0n) is 12.2. The molecule has 0 saturated heterocycles. The Kier molecular flexibility index (Phi) is 3.57. The lowest BCUT2D eigenvalue weighted by atomic mass is 10.1. The Hall–Kier alpha value is -2.42. The van der Waals surface area contributed by atoms with E-state index >= 15 is 0 Å². The lowest BCUT2D eigenvalue weighted by Gasteiger charge is -2.23. The van der Waals surface area contributed by atoms with Gasteiger partial charge in [0.1, 0.15) is 17.7 Å². The van der Waals surface area contributed by atoms with Gasteiger partial charge in [-0.25, -0.2) is 14.6 Å². The minimum Gasteiger partial charge on any atom is -0.365 e. The van der Waals surface area contributed by atoms with Gasteiger partial charge in [0.05, 0.1) is 12.1 Å². The van der Waals surface area contributed by atoms with Crippen molar-refractivity contribution in [1.29, 1.82) is 5.26 Å². The molecule has 0 amide bonds. The van der Waals surface area contributed by atoms with E-state index in [4.69, 9.17) is 5.26 Å². The van der Waals surface area contributed by atoms with Gasteiger partial charge in [-0.2, -0.15) is 10.4 Å². The van der Waals surface area contributed by atoms with E-state index < -0.39 is 0 Å². The van der Waals surface area contributed by atoms with Crippen LogP contribution >= 0.6 is 0 Å². The van der Waals surface area contributed by atoms with Crippen LogP contribution in [-0.4, -0.2) is 25.8 Å². The molecule has 2 aromatic heterocycles. The first-order chi connectivity index (χ1) is 10.2. The Morgan fingerprint density at radius 2 is 2.29 bits per heavy atom. The molecule has 0 aromatic carbocycles. The summed E-state index contributed by atoms with van der Waals surface area (Å²) in [6.45, 7) is 5.02. The molecule has 0 bridgehead atoms. The number of anilines is 1. The topological polar surface area (TPSA) is 79.4 Å². The molecule has 6 nitrogen and oxygen atoms in total. The molecular weight excluding hydrogens is 264 g/mol. The van der Waals surface area contributed by atoms with E-state index in [1.807, 2.05) is 10.7 Å². The maximum Gasteiger partial charge on any atom is 0.153 e. The van der Waals surface area contributed by atoms with E-state index in [0.717, 1.165) is 36.9 Å². The third-order valence-electron chi connectivity index (χ3n) is 3.64. The highest BCUT2D eigenvalue weighted by Crippen LogP contribution is 2.19. The third kappa shape index (κ3) is 2.87. The Labute approximate surface area is 123 Å². The van der Waals surface area contributed by atoms with Gasteiger partial charge in [-0.1, -0.05) is 13.8 Å². The van der Waals surface area contributed by atoms with Crippen LogP contribution in [0.4, 0.5) is 5.82 Å². The molecule has 0 saturated carbocycles. The van der Waals surface area contributed by atoms with Crippen molar-refractivity contribution in [3.05, 3.63) is 35.5 Å². The molecule has 0 fully saturated rings. The summed E-state index contributed by atoms with van der Waals surface area (Å²) < 4.78 is 2.00. The summed E-state index contributed by atoms with van der Waals surface area (Å²) in [4.78, 5) is 8.84. The van der Waals surface area contributed by atoms with Gasteiger partial charge in [0.25, 0.3) is 0 Å². The smallest absolute Gasteiger partial charge is 0.153 e. The van der Waals surface area contributed by atoms with Gasteiger partial charge in [0.2, 0.25) is 0 Å². The fourth-order valence-corrected chi connectivity index (χ4v) is 2.45. The van der Waals surface area contributed by atoms with E-state index in [2.05, 4.69) is 40.3 Å². The number of hydrogen-bond acceptors (Lipinski definition) is 5. The average molecular weight is 282 g/mol. The average Bonchev–Trinajstić information content (AvgIpc) is 2.91. The number of hydrogen-bond donors (Lipinski definition) is 1. The monoisotopic (exact) mass is 282 g/mol. The van der Waals surface area contributed by atoms with Gasteiger partial charge in [-0.05, 0) is 18.6 Å². The summed E-state index contributed by atoms with van der Waals surface area (Å²) in [6.07, 6.45) is 3.52. The van der Waals surface area contributed by atoms with Gasteiger partial charge >= 0.3 is 0 Å². The van der Waals surface area contributed by atoms with Gasteiger partial charge < -0.3 is 5.32 Å². The first-order valence-corrected chi connectivity index (χ1v) is 7.22. The van der Waals surface area contributed by atoms with Crippen molar-refractivity contribution in [1.82, 2.24) is 19.7 Å². The first-order valence-electron chi connectivity index (χ1n) is 7.22. The summed E-state index contributed by atoms with van der Waals surface area (Å²) >= 11 is 0. The minimum atomic E-state index is 0.291. The molecule has 2 aromatic rings. The second kappa shape index (κ2) is 5.52. The van der Waals surface area contributed by atoms with Crippen LogP contribution in [0.5, 0.6) is 0 Å². The highest BCUT2D eigenvalue weighted by molar-refractivity contribution is 5.39. The van der Waals surface area contributed by atoms with Gasteiger partial charge in [0.15, 0.2) is 5.82 Å². The number of fused-ring (bicyclic) bond motifs is 1. The standard InChI is InChI=1S/C15H18N6/c1-10(2)15-19-14-6-4-12(9-21(14)20-15)18-13-5-3-11(7-16)8-17-13/h3,5,8,10,12H,4,6,9H2,1-2H3,(H,17,18). The molecule has 1 atom stereocenters. The molecule has 3 heterocycles. The number of nitrogens with zero attached hydrogens (tertiary/aromatic N) is 5.